The first kappa shape index (κ1) is 11.5. The average Bonchev–Trinajstić information content (AvgIpc) is 2.17. The van der Waals surface area contributed by atoms with Crippen molar-refractivity contribution in [2.45, 2.75) is 12.5 Å². The van der Waals surface area contributed by atoms with Crippen molar-refractivity contribution in [3.8, 4) is 0 Å². The van der Waals surface area contributed by atoms with Crippen molar-refractivity contribution in [1.29, 1.82) is 0 Å². The maximum Gasteiger partial charge on any atom is 0.255 e. The number of likely N-dealkylation sites (tertiary alicyclic amines) is 1. The van der Waals surface area contributed by atoms with Crippen molar-refractivity contribution in [3.63, 3.8) is 0 Å². The molecule has 5 heteroatoms. The molecule has 2 rings (SSSR count). The molecule has 1 aromatic carbocycles. The molecule has 16 heavy (non-hydrogen) atoms. The largest absolute Gasteiger partial charge is 0.386 e. The predicted octanol–water partition coefficient (Wildman–Crippen LogP) is 1.80. The highest BCUT2D eigenvalue weighted by Crippen LogP contribution is 2.26. The molecule has 0 aliphatic carbocycles. The smallest absolute Gasteiger partial charge is 0.255 e. The van der Waals surface area contributed by atoms with Crippen LogP contribution in [0.2, 0.25) is 0 Å². The lowest BCUT2D eigenvalue weighted by atomic mass is 9.96. The fraction of sp³-hybridized carbons (Fsp3) is 0.364. The molecule has 1 aromatic rings. The summed E-state index contributed by atoms with van der Waals surface area (Å²) in [6.07, 6.45) is 0. The highest BCUT2D eigenvalue weighted by atomic mass is 79.9. The fourth-order valence-corrected chi connectivity index (χ4v) is 2.19. The molecule has 0 saturated carbocycles. The number of aliphatic hydroxyl groups is 1. The highest BCUT2D eigenvalue weighted by Gasteiger charge is 2.40. The van der Waals surface area contributed by atoms with E-state index < -0.39 is 11.4 Å². The molecular weight excluding hydrogens is 277 g/mol. The van der Waals surface area contributed by atoms with E-state index in [2.05, 4.69) is 15.9 Å². The van der Waals surface area contributed by atoms with Gasteiger partial charge in [-0.25, -0.2) is 4.39 Å². The van der Waals surface area contributed by atoms with Crippen LogP contribution in [-0.2, 0) is 0 Å². The predicted molar refractivity (Wildman–Crippen MR) is 60.6 cm³/mol. The van der Waals surface area contributed by atoms with Crippen LogP contribution in [0.1, 0.15) is 17.3 Å². The van der Waals surface area contributed by atoms with E-state index >= 15 is 0 Å². The van der Waals surface area contributed by atoms with E-state index in [1.807, 2.05) is 0 Å². The van der Waals surface area contributed by atoms with Crippen molar-refractivity contribution in [3.05, 3.63) is 34.1 Å². The third kappa shape index (κ3) is 1.97. The number of rotatable bonds is 1. The molecule has 1 aliphatic rings. The minimum absolute atomic E-state index is 0.173. The highest BCUT2D eigenvalue weighted by molar-refractivity contribution is 9.10. The maximum atomic E-state index is 13.2. The molecule has 1 fully saturated rings. The molecule has 0 atom stereocenters. The van der Waals surface area contributed by atoms with Crippen molar-refractivity contribution in [1.82, 2.24) is 4.90 Å². The second-order valence-electron chi connectivity index (χ2n) is 4.26. The maximum absolute atomic E-state index is 13.2. The molecule has 0 aromatic heterocycles. The zero-order valence-corrected chi connectivity index (χ0v) is 10.3. The summed E-state index contributed by atoms with van der Waals surface area (Å²) < 4.78 is 13.4. The zero-order chi connectivity index (χ0) is 11.9. The van der Waals surface area contributed by atoms with Gasteiger partial charge in [-0.2, -0.15) is 0 Å². The first-order valence-electron chi connectivity index (χ1n) is 4.86. The number of hydrogen-bond acceptors (Lipinski definition) is 2. The number of carbonyl (C=O) groups excluding carboxylic acids is 1. The van der Waals surface area contributed by atoms with Gasteiger partial charge in [0.15, 0.2) is 0 Å². The van der Waals surface area contributed by atoms with E-state index in [1.165, 1.54) is 17.0 Å². The Hall–Kier alpha value is -0.940. The first-order valence-corrected chi connectivity index (χ1v) is 5.66. The van der Waals surface area contributed by atoms with Crippen molar-refractivity contribution in [2.24, 2.45) is 0 Å². The summed E-state index contributed by atoms with van der Waals surface area (Å²) in [6, 6.07) is 4.33. The van der Waals surface area contributed by atoms with E-state index in [-0.39, 0.29) is 29.0 Å². The van der Waals surface area contributed by atoms with Gasteiger partial charge in [-0.15, -0.1) is 0 Å². The average molecular weight is 288 g/mol. The van der Waals surface area contributed by atoms with Crippen LogP contribution >= 0.6 is 15.9 Å². The van der Waals surface area contributed by atoms with E-state index in [4.69, 9.17) is 0 Å². The molecule has 3 nitrogen and oxygen atoms in total. The van der Waals surface area contributed by atoms with Gasteiger partial charge in [0.1, 0.15) is 5.82 Å². The van der Waals surface area contributed by atoms with Gasteiger partial charge in [0.2, 0.25) is 0 Å². The lowest BCUT2D eigenvalue weighted by Gasteiger charge is -2.44. The number of β-amino-alcohol motifs (C(OH)–C–C–N with tert-alkyl or cyclic N) is 1. The van der Waals surface area contributed by atoms with Crippen LogP contribution in [0, 0.1) is 5.82 Å². The molecule has 0 unspecified atom stereocenters. The minimum Gasteiger partial charge on any atom is -0.386 e. The van der Waals surface area contributed by atoms with Gasteiger partial charge >= 0.3 is 0 Å². The quantitative estimate of drug-likeness (QED) is 0.856. The topological polar surface area (TPSA) is 40.5 Å². The van der Waals surface area contributed by atoms with Crippen molar-refractivity contribution in [2.75, 3.05) is 13.1 Å². The Kier molecular flexibility index (Phi) is 2.75. The lowest BCUT2D eigenvalue weighted by molar-refractivity contribution is -0.0669. The Morgan fingerprint density at radius 2 is 2.19 bits per heavy atom. The molecule has 1 aliphatic heterocycles. The number of amides is 1. The van der Waals surface area contributed by atoms with Crippen LogP contribution in [-0.4, -0.2) is 34.6 Å². The normalized spacial score (nSPS) is 18.1. The Balaban J connectivity index is 2.20. The molecule has 0 spiro atoms. The molecule has 1 amide bonds. The van der Waals surface area contributed by atoms with Gasteiger partial charge in [0.25, 0.3) is 5.91 Å². The van der Waals surface area contributed by atoms with Gasteiger partial charge in [-0.05, 0) is 35.0 Å². The zero-order valence-electron chi connectivity index (χ0n) is 8.70. The second kappa shape index (κ2) is 3.82. The number of hydrogen-bond donors (Lipinski definition) is 1. The summed E-state index contributed by atoms with van der Waals surface area (Å²) in [4.78, 5) is 13.4. The molecular formula is C11H11BrFNO2. The van der Waals surface area contributed by atoms with Gasteiger partial charge in [-0.1, -0.05) is 6.07 Å². The monoisotopic (exact) mass is 287 g/mol. The van der Waals surface area contributed by atoms with Crippen molar-refractivity contribution < 1.29 is 14.3 Å². The molecule has 1 saturated heterocycles. The Labute approximate surface area is 101 Å². The Morgan fingerprint density at radius 3 is 2.75 bits per heavy atom. The van der Waals surface area contributed by atoms with E-state index in [0.717, 1.165) is 0 Å². The molecule has 0 radical (unpaired) electrons. The van der Waals surface area contributed by atoms with Gasteiger partial charge in [-0.3, -0.25) is 4.79 Å². The van der Waals surface area contributed by atoms with Crippen LogP contribution in [0.3, 0.4) is 0 Å². The van der Waals surface area contributed by atoms with Gasteiger partial charge in [0, 0.05) is 0 Å². The van der Waals surface area contributed by atoms with Gasteiger partial charge < -0.3 is 10.0 Å². The number of nitrogens with zero attached hydrogens (tertiary/aromatic N) is 1. The number of halogens is 2. The number of benzene rings is 1. The molecule has 1 heterocycles. The van der Waals surface area contributed by atoms with Crippen LogP contribution in [0.25, 0.3) is 0 Å². The summed E-state index contributed by atoms with van der Waals surface area (Å²) >= 11 is 3.05. The van der Waals surface area contributed by atoms with E-state index in [9.17, 15) is 14.3 Å². The van der Waals surface area contributed by atoms with Crippen LogP contribution in [0.15, 0.2) is 22.7 Å². The van der Waals surface area contributed by atoms with Gasteiger partial charge in [0.05, 0.1) is 28.7 Å². The molecule has 0 bridgehead atoms. The van der Waals surface area contributed by atoms with E-state index in [0.29, 0.717) is 0 Å². The summed E-state index contributed by atoms with van der Waals surface area (Å²) in [6.45, 7) is 2.24. The SMILES string of the molecule is CC1(O)CN(C(=O)c2cccc(F)c2Br)C1. The number of carbonyl (C=O) groups is 1. The van der Waals surface area contributed by atoms with Crippen LogP contribution in [0.4, 0.5) is 4.39 Å². The fourth-order valence-electron chi connectivity index (χ4n) is 1.76. The van der Waals surface area contributed by atoms with E-state index in [1.54, 1.807) is 13.0 Å². The standard InChI is InChI=1S/C11H11BrFNO2/c1-11(16)5-14(6-11)10(15)7-3-2-4-8(13)9(7)12/h2-4,16H,5-6H2,1H3. The lowest BCUT2D eigenvalue weighted by Crippen LogP contribution is -2.61. The molecule has 1 N–H and O–H groups in total. The first-order chi connectivity index (χ1) is 7.41. The summed E-state index contributed by atoms with van der Waals surface area (Å²) in [5, 5.41) is 9.52. The Bertz CT molecular complexity index is 440. The van der Waals surface area contributed by atoms with Crippen LogP contribution < -0.4 is 0 Å². The minimum atomic E-state index is -0.810. The third-order valence-electron chi connectivity index (χ3n) is 2.53. The third-order valence-corrected chi connectivity index (χ3v) is 3.34. The second-order valence-corrected chi connectivity index (χ2v) is 5.05. The molecule has 86 valence electrons. The summed E-state index contributed by atoms with van der Waals surface area (Å²) in [5.41, 5.74) is -0.523. The Morgan fingerprint density at radius 1 is 1.56 bits per heavy atom. The summed E-state index contributed by atoms with van der Waals surface area (Å²) in [5.74, 6) is -0.726. The summed E-state index contributed by atoms with van der Waals surface area (Å²) in [7, 11) is 0. The van der Waals surface area contributed by atoms with Crippen molar-refractivity contribution >= 4 is 21.8 Å². The van der Waals surface area contributed by atoms with Crippen LogP contribution in [0.5, 0.6) is 0 Å².